The molecule has 0 amide bonds. The highest BCUT2D eigenvalue weighted by atomic mass is 14.2. The van der Waals surface area contributed by atoms with Crippen LogP contribution in [0.3, 0.4) is 0 Å². The molecule has 0 bridgehead atoms. The highest BCUT2D eigenvalue weighted by Crippen LogP contribution is 2.40. The molecule has 0 heterocycles. The van der Waals surface area contributed by atoms with E-state index in [-0.39, 0.29) is 0 Å². The monoisotopic (exact) mass is 472 g/mol. The van der Waals surface area contributed by atoms with Gasteiger partial charge in [0.15, 0.2) is 0 Å². The maximum Gasteiger partial charge on any atom is -0.00265 e. The van der Waals surface area contributed by atoms with Crippen molar-refractivity contribution < 1.29 is 0 Å². The van der Waals surface area contributed by atoms with Gasteiger partial charge < -0.3 is 0 Å². The summed E-state index contributed by atoms with van der Waals surface area (Å²) in [6.45, 7) is 4.60. The van der Waals surface area contributed by atoms with Gasteiger partial charge in [0, 0.05) is 0 Å². The van der Waals surface area contributed by atoms with Crippen LogP contribution in [0.25, 0.3) is 43.4 Å². The fourth-order valence-electron chi connectivity index (χ4n) is 5.90. The Morgan fingerprint density at radius 1 is 0.472 bits per heavy atom. The lowest BCUT2D eigenvalue weighted by atomic mass is 9.85. The Kier molecular flexibility index (Phi) is 8.01. The molecule has 0 spiro atoms. The minimum absolute atomic E-state index is 1.19. The van der Waals surface area contributed by atoms with Crippen LogP contribution >= 0.6 is 0 Å². The van der Waals surface area contributed by atoms with Crippen molar-refractivity contribution in [2.24, 2.45) is 0 Å². The topological polar surface area (TPSA) is 0 Å². The van der Waals surface area contributed by atoms with Gasteiger partial charge in [0.1, 0.15) is 0 Å². The van der Waals surface area contributed by atoms with E-state index in [1.165, 1.54) is 108 Å². The van der Waals surface area contributed by atoms with E-state index in [9.17, 15) is 0 Å². The second-order valence-electron chi connectivity index (χ2n) is 10.5. The lowest BCUT2D eigenvalue weighted by Crippen LogP contribution is -1.99. The first kappa shape index (κ1) is 24.6. The van der Waals surface area contributed by atoms with Gasteiger partial charge in [0.25, 0.3) is 0 Å². The summed E-state index contributed by atoms with van der Waals surface area (Å²) in [5.74, 6) is 0. The SMILES string of the molecule is CCCCCCc1ccc2c(-c3ccc4ccccc4c3)c3ccccc3cc2c1CCCCCC. The van der Waals surface area contributed by atoms with Crippen molar-refractivity contribution in [1.29, 1.82) is 0 Å². The van der Waals surface area contributed by atoms with E-state index in [4.69, 9.17) is 0 Å². The fourth-order valence-corrected chi connectivity index (χ4v) is 5.90. The van der Waals surface area contributed by atoms with Crippen LogP contribution in [0, 0.1) is 0 Å². The summed E-state index contributed by atoms with van der Waals surface area (Å²) >= 11 is 0. The smallest absolute Gasteiger partial charge is 0.00265 e. The highest BCUT2D eigenvalue weighted by molar-refractivity contribution is 6.14. The second-order valence-corrected chi connectivity index (χ2v) is 10.5. The van der Waals surface area contributed by atoms with E-state index in [0.29, 0.717) is 0 Å². The van der Waals surface area contributed by atoms with Crippen molar-refractivity contribution in [2.75, 3.05) is 0 Å². The van der Waals surface area contributed by atoms with Crippen LogP contribution in [0.15, 0.2) is 84.9 Å². The molecular formula is C36H40. The van der Waals surface area contributed by atoms with Gasteiger partial charge in [-0.15, -0.1) is 0 Å². The van der Waals surface area contributed by atoms with Crippen molar-refractivity contribution >= 4 is 32.3 Å². The van der Waals surface area contributed by atoms with Crippen LogP contribution in [-0.4, -0.2) is 0 Å². The first-order valence-electron chi connectivity index (χ1n) is 14.3. The number of fused-ring (bicyclic) bond motifs is 3. The molecule has 0 aliphatic heterocycles. The fraction of sp³-hybridized carbons (Fsp3) is 0.333. The van der Waals surface area contributed by atoms with Gasteiger partial charge in [0.05, 0.1) is 0 Å². The molecule has 0 unspecified atom stereocenters. The molecule has 0 N–H and O–H groups in total. The van der Waals surface area contributed by atoms with Crippen LogP contribution in [0.1, 0.15) is 76.3 Å². The molecule has 0 aromatic heterocycles. The summed E-state index contributed by atoms with van der Waals surface area (Å²) in [6.07, 6.45) is 12.9. The Bertz CT molecular complexity index is 1460. The number of benzene rings is 5. The summed E-state index contributed by atoms with van der Waals surface area (Å²) in [6, 6.07) is 32.1. The van der Waals surface area contributed by atoms with Crippen LogP contribution in [0.4, 0.5) is 0 Å². The van der Waals surface area contributed by atoms with Crippen LogP contribution in [0.5, 0.6) is 0 Å². The normalized spacial score (nSPS) is 11.6. The Labute approximate surface area is 217 Å². The predicted octanol–water partition coefficient (Wildman–Crippen LogP) is 11.1. The number of rotatable bonds is 11. The van der Waals surface area contributed by atoms with Crippen molar-refractivity contribution in [3.8, 4) is 11.1 Å². The summed E-state index contributed by atoms with van der Waals surface area (Å²) in [7, 11) is 0. The van der Waals surface area contributed by atoms with Gasteiger partial charge in [0.2, 0.25) is 0 Å². The Balaban J connectivity index is 1.69. The molecule has 5 aromatic carbocycles. The summed E-state index contributed by atoms with van der Waals surface area (Å²) in [4.78, 5) is 0. The molecule has 0 atom stereocenters. The van der Waals surface area contributed by atoms with Gasteiger partial charge in [-0.2, -0.15) is 0 Å². The summed E-state index contributed by atoms with van der Waals surface area (Å²) in [5.41, 5.74) is 5.90. The van der Waals surface area contributed by atoms with Crippen molar-refractivity contribution in [2.45, 2.75) is 78.1 Å². The Morgan fingerprint density at radius 2 is 1.17 bits per heavy atom. The third-order valence-corrected chi connectivity index (χ3v) is 7.87. The molecule has 5 rings (SSSR count). The van der Waals surface area contributed by atoms with E-state index >= 15 is 0 Å². The molecule has 0 radical (unpaired) electrons. The Hall–Kier alpha value is -3.12. The zero-order valence-electron chi connectivity index (χ0n) is 22.2. The molecular weight excluding hydrogens is 432 g/mol. The maximum absolute atomic E-state index is 2.49. The third-order valence-electron chi connectivity index (χ3n) is 7.87. The molecule has 0 saturated carbocycles. The molecule has 0 aliphatic rings. The first-order chi connectivity index (χ1) is 17.8. The molecule has 0 aliphatic carbocycles. The van der Waals surface area contributed by atoms with Crippen LogP contribution in [0.2, 0.25) is 0 Å². The van der Waals surface area contributed by atoms with E-state index < -0.39 is 0 Å². The average Bonchev–Trinajstić information content (AvgIpc) is 2.92. The van der Waals surface area contributed by atoms with Crippen LogP contribution in [-0.2, 0) is 12.8 Å². The molecule has 184 valence electrons. The molecule has 0 heteroatoms. The largest absolute Gasteiger partial charge is 0.0654 e. The Morgan fingerprint density at radius 3 is 1.94 bits per heavy atom. The van der Waals surface area contributed by atoms with Crippen molar-refractivity contribution in [3.63, 3.8) is 0 Å². The van der Waals surface area contributed by atoms with Gasteiger partial charge in [-0.05, 0) is 92.4 Å². The lowest BCUT2D eigenvalue weighted by Gasteiger charge is -2.18. The number of aryl methyl sites for hydroxylation is 2. The molecule has 0 fully saturated rings. The van der Waals surface area contributed by atoms with Gasteiger partial charge in [-0.1, -0.05) is 125 Å². The number of hydrogen-bond acceptors (Lipinski definition) is 0. The molecule has 36 heavy (non-hydrogen) atoms. The van der Waals surface area contributed by atoms with Crippen molar-refractivity contribution in [1.82, 2.24) is 0 Å². The zero-order chi connectivity index (χ0) is 24.7. The predicted molar refractivity (Wildman–Crippen MR) is 160 cm³/mol. The maximum atomic E-state index is 2.49. The highest BCUT2D eigenvalue weighted by Gasteiger charge is 2.15. The molecule has 0 saturated heterocycles. The van der Waals surface area contributed by atoms with E-state index in [0.717, 1.165) is 0 Å². The van der Waals surface area contributed by atoms with E-state index in [2.05, 4.69) is 98.8 Å². The lowest BCUT2D eigenvalue weighted by molar-refractivity contribution is 0.652. The van der Waals surface area contributed by atoms with E-state index in [1.807, 2.05) is 0 Å². The average molecular weight is 473 g/mol. The van der Waals surface area contributed by atoms with Gasteiger partial charge in [-0.25, -0.2) is 0 Å². The quantitative estimate of drug-likeness (QED) is 0.132. The van der Waals surface area contributed by atoms with Gasteiger partial charge in [-0.3, -0.25) is 0 Å². The summed E-state index contributed by atoms with van der Waals surface area (Å²) in [5, 5.41) is 8.20. The molecule has 0 nitrogen and oxygen atoms in total. The van der Waals surface area contributed by atoms with Crippen molar-refractivity contribution in [3.05, 3.63) is 96.1 Å². The zero-order valence-corrected chi connectivity index (χ0v) is 22.2. The standard InChI is InChI=1S/C36H40/c1-3-5-7-9-16-28-23-24-34-35(32(28)19-10-8-6-4-2)26-30-18-13-14-20-33(30)36(34)31-22-21-27-15-11-12-17-29(27)25-31/h11-15,17-18,20-26H,3-10,16,19H2,1-2H3. The van der Waals surface area contributed by atoms with E-state index in [1.54, 1.807) is 11.1 Å². The third kappa shape index (κ3) is 5.19. The van der Waals surface area contributed by atoms with Gasteiger partial charge >= 0.3 is 0 Å². The van der Waals surface area contributed by atoms with Crippen LogP contribution < -0.4 is 0 Å². The molecule has 5 aromatic rings. The number of hydrogen-bond donors (Lipinski definition) is 0. The minimum atomic E-state index is 1.19. The second kappa shape index (κ2) is 11.7. The minimum Gasteiger partial charge on any atom is -0.0654 e. The number of unbranched alkanes of at least 4 members (excludes halogenated alkanes) is 6. The first-order valence-corrected chi connectivity index (χ1v) is 14.3. The summed E-state index contributed by atoms with van der Waals surface area (Å²) < 4.78 is 0.